The molecule has 138 valence electrons. The Hall–Kier alpha value is -2.20. The van der Waals surface area contributed by atoms with Gasteiger partial charge in [0.25, 0.3) is 5.91 Å². The van der Waals surface area contributed by atoms with Crippen molar-refractivity contribution in [2.24, 2.45) is 0 Å². The molecule has 1 saturated heterocycles. The fourth-order valence-electron chi connectivity index (χ4n) is 3.34. The highest BCUT2D eigenvalue weighted by Crippen LogP contribution is 2.30. The van der Waals surface area contributed by atoms with Gasteiger partial charge in [-0.3, -0.25) is 4.79 Å². The number of nitrogens with zero attached hydrogens (tertiary/aromatic N) is 1. The van der Waals surface area contributed by atoms with Crippen LogP contribution in [0, 0.1) is 13.8 Å². The van der Waals surface area contributed by atoms with E-state index in [1.807, 2.05) is 38.1 Å². The summed E-state index contributed by atoms with van der Waals surface area (Å²) in [7, 11) is 0. The zero-order chi connectivity index (χ0) is 18.5. The van der Waals surface area contributed by atoms with E-state index in [1.54, 1.807) is 6.07 Å². The van der Waals surface area contributed by atoms with E-state index < -0.39 is 0 Å². The van der Waals surface area contributed by atoms with E-state index in [4.69, 9.17) is 16.3 Å². The first-order valence-electron chi connectivity index (χ1n) is 9.07. The van der Waals surface area contributed by atoms with Gasteiger partial charge in [0.15, 0.2) is 6.61 Å². The van der Waals surface area contributed by atoms with Crippen LogP contribution in [0.3, 0.4) is 0 Å². The molecule has 0 unspecified atom stereocenters. The number of carbonyl (C=O) groups excluding carboxylic acids is 1. The Morgan fingerprint density at radius 2 is 1.77 bits per heavy atom. The monoisotopic (exact) mass is 372 g/mol. The fraction of sp³-hybridized carbons (Fsp3) is 0.381. The highest BCUT2D eigenvalue weighted by molar-refractivity contribution is 6.33. The Labute approximate surface area is 160 Å². The lowest BCUT2D eigenvalue weighted by atomic mass is 10.1. The van der Waals surface area contributed by atoms with Crippen LogP contribution in [0.5, 0.6) is 5.75 Å². The summed E-state index contributed by atoms with van der Waals surface area (Å²) in [5, 5.41) is 3.51. The van der Waals surface area contributed by atoms with Crippen molar-refractivity contribution < 1.29 is 9.53 Å². The number of aryl methyl sites for hydroxylation is 2. The molecule has 2 aromatic carbocycles. The van der Waals surface area contributed by atoms with Crippen LogP contribution in [-0.2, 0) is 4.79 Å². The SMILES string of the molecule is Cc1cc(C)cc(OCC(=O)Nc2ccc(N3CCCCC3)c(Cl)c2)c1. The molecule has 0 radical (unpaired) electrons. The average molecular weight is 373 g/mol. The van der Waals surface area contributed by atoms with E-state index in [1.165, 1.54) is 19.3 Å². The molecule has 0 bridgehead atoms. The second-order valence-corrected chi connectivity index (χ2v) is 7.28. The lowest BCUT2D eigenvalue weighted by molar-refractivity contribution is -0.118. The lowest BCUT2D eigenvalue weighted by Crippen LogP contribution is -2.29. The van der Waals surface area contributed by atoms with Crippen molar-refractivity contribution in [3.63, 3.8) is 0 Å². The van der Waals surface area contributed by atoms with Crippen molar-refractivity contribution >= 4 is 28.9 Å². The Balaban J connectivity index is 1.57. The van der Waals surface area contributed by atoms with Crippen LogP contribution in [0.15, 0.2) is 36.4 Å². The van der Waals surface area contributed by atoms with Crippen molar-refractivity contribution in [3.8, 4) is 5.75 Å². The molecular weight excluding hydrogens is 348 g/mol. The van der Waals surface area contributed by atoms with Gasteiger partial charge in [-0.15, -0.1) is 0 Å². The number of hydrogen-bond donors (Lipinski definition) is 1. The molecule has 3 rings (SSSR count). The third-order valence-electron chi connectivity index (χ3n) is 4.49. The van der Waals surface area contributed by atoms with Crippen molar-refractivity contribution in [2.45, 2.75) is 33.1 Å². The number of piperidine rings is 1. The minimum Gasteiger partial charge on any atom is -0.484 e. The van der Waals surface area contributed by atoms with Gasteiger partial charge in [-0.25, -0.2) is 0 Å². The summed E-state index contributed by atoms with van der Waals surface area (Å²) in [5.41, 5.74) is 3.95. The van der Waals surface area contributed by atoms with Crippen molar-refractivity contribution in [3.05, 3.63) is 52.5 Å². The van der Waals surface area contributed by atoms with E-state index in [-0.39, 0.29) is 12.5 Å². The third-order valence-corrected chi connectivity index (χ3v) is 4.80. The van der Waals surface area contributed by atoms with Gasteiger partial charge in [0.05, 0.1) is 10.7 Å². The van der Waals surface area contributed by atoms with Gasteiger partial charge >= 0.3 is 0 Å². The largest absolute Gasteiger partial charge is 0.484 e. The Bertz CT molecular complexity index is 765. The smallest absolute Gasteiger partial charge is 0.262 e. The minimum atomic E-state index is -0.203. The molecule has 0 atom stereocenters. The second kappa shape index (κ2) is 8.45. The zero-order valence-corrected chi connectivity index (χ0v) is 16.1. The van der Waals surface area contributed by atoms with Crippen LogP contribution >= 0.6 is 11.6 Å². The van der Waals surface area contributed by atoms with E-state index in [0.29, 0.717) is 16.5 Å². The maximum Gasteiger partial charge on any atom is 0.262 e. The maximum absolute atomic E-state index is 12.2. The van der Waals surface area contributed by atoms with Crippen molar-refractivity contribution in [1.82, 2.24) is 0 Å². The number of benzene rings is 2. The summed E-state index contributed by atoms with van der Waals surface area (Å²) < 4.78 is 5.60. The number of ether oxygens (including phenoxy) is 1. The quantitative estimate of drug-likeness (QED) is 0.806. The molecule has 0 spiro atoms. The molecule has 0 aromatic heterocycles. The highest BCUT2D eigenvalue weighted by atomic mass is 35.5. The first-order valence-corrected chi connectivity index (χ1v) is 9.44. The molecule has 2 aromatic rings. The van der Waals surface area contributed by atoms with Crippen LogP contribution in [0.4, 0.5) is 11.4 Å². The molecule has 1 amide bonds. The first kappa shape index (κ1) is 18.6. The summed E-state index contributed by atoms with van der Waals surface area (Å²) in [4.78, 5) is 14.5. The second-order valence-electron chi connectivity index (χ2n) is 6.87. The van der Waals surface area contributed by atoms with Gasteiger partial charge in [-0.2, -0.15) is 0 Å². The maximum atomic E-state index is 12.2. The van der Waals surface area contributed by atoms with Crippen LogP contribution in [0.1, 0.15) is 30.4 Å². The van der Waals surface area contributed by atoms with Gasteiger partial charge in [-0.05, 0) is 74.6 Å². The molecule has 1 aliphatic heterocycles. The summed E-state index contributed by atoms with van der Waals surface area (Å²) in [6, 6.07) is 11.6. The molecule has 1 N–H and O–H groups in total. The Morgan fingerprint density at radius 1 is 1.08 bits per heavy atom. The van der Waals surface area contributed by atoms with Crippen LogP contribution in [-0.4, -0.2) is 25.6 Å². The number of amides is 1. The highest BCUT2D eigenvalue weighted by Gasteiger charge is 2.14. The van der Waals surface area contributed by atoms with Gasteiger partial charge in [0.1, 0.15) is 5.75 Å². The number of hydrogen-bond acceptors (Lipinski definition) is 3. The predicted octanol–water partition coefficient (Wildman–Crippen LogP) is 4.96. The number of anilines is 2. The average Bonchev–Trinajstić information content (AvgIpc) is 2.60. The Morgan fingerprint density at radius 3 is 2.42 bits per heavy atom. The van der Waals surface area contributed by atoms with E-state index in [2.05, 4.69) is 16.3 Å². The topological polar surface area (TPSA) is 41.6 Å². The van der Waals surface area contributed by atoms with Gasteiger partial charge in [-0.1, -0.05) is 17.7 Å². The standard InChI is InChI=1S/C21H25ClN2O2/c1-15-10-16(2)12-18(11-15)26-14-21(25)23-17-6-7-20(19(22)13-17)24-8-4-3-5-9-24/h6-7,10-13H,3-5,8-9,14H2,1-2H3,(H,23,25). The number of nitrogens with one attached hydrogen (secondary N) is 1. The number of rotatable bonds is 5. The molecule has 0 saturated carbocycles. The summed E-state index contributed by atoms with van der Waals surface area (Å²) in [6.45, 7) is 6.05. The summed E-state index contributed by atoms with van der Waals surface area (Å²) in [6.07, 6.45) is 3.68. The molecule has 0 aliphatic carbocycles. The van der Waals surface area contributed by atoms with Crippen molar-refractivity contribution in [1.29, 1.82) is 0 Å². The van der Waals surface area contributed by atoms with Gasteiger partial charge < -0.3 is 15.0 Å². The minimum absolute atomic E-state index is 0.0333. The van der Waals surface area contributed by atoms with Crippen LogP contribution in [0.2, 0.25) is 5.02 Å². The number of halogens is 1. The van der Waals surface area contributed by atoms with Gasteiger partial charge in [0, 0.05) is 18.8 Å². The summed E-state index contributed by atoms with van der Waals surface area (Å²) in [5.74, 6) is 0.502. The van der Waals surface area contributed by atoms with E-state index in [9.17, 15) is 4.79 Å². The van der Waals surface area contributed by atoms with Crippen LogP contribution in [0.25, 0.3) is 0 Å². The molecule has 26 heavy (non-hydrogen) atoms. The third kappa shape index (κ3) is 4.92. The normalized spacial score (nSPS) is 14.2. The molecule has 5 heteroatoms. The van der Waals surface area contributed by atoms with E-state index in [0.717, 1.165) is 29.9 Å². The molecule has 4 nitrogen and oxygen atoms in total. The predicted molar refractivity (Wildman–Crippen MR) is 108 cm³/mol. The first-order chi connectivity index (χ1) is 12.5. The molecule has 1 aliphatic rings. The fourth-order valence-corrected chi connectivity index (χ4v) is 3.64. The van der Waals surface area contributed by atoms with Crippen LogP contribution < -0.4 is 15.0 Å². The Kier molecular flexibility index (Phi) is 6.04. The van der Waals surface area contributed by atoms with Crippen molar-refractivity contribution in [2.75, 3.05) is 29.9 Å². The van der Waals surface area contributed by atoms with Gasteiger partial charge in [0.2, 0.25) is 0 Å². The molecule has 1 fully saturated rings. The van der Waals surface area contributed by atoms with E-state index >= 15 is 0 Å². The molecular formula is C21H25ClN2O2. The lowest BCUT2D eigenvalue weighted by Gasteiger charge is -2.29. The summed E-state index contributed by atoms with van der Waals surface area (Å²) >= 11 is 6.43. The molecule has 1 heterocycles. The zero-order valence-electron chi connectivity index (χ0n) is 15.3. The number of carbonyl (C=O) groups is 1.